The average molecular weight is 292 g/mol. The summed E-state index contributed by atoms with van der Waals surface area (Å²) in [6.07, 6.45) is 16.7. The number of hydrogen-bond donors (Lipinski definition) is 0. The molecular formula is C22H28. The fourth-order valence-corrected chi connectivity index (χ4v) is 4.93. The summed E-state index contributed by atoms with van der Waals surface area (Å²) in [7, 11) is 0. The highest BCUT2D eigenvalue weighted by molar-refractivity contribution is 5.47. The Balaban J connectivity index is 1.51. The average Bonchev–Trinajstić information content (AvgIpc) is 2.99. The van der Waals surface area contributed by atoms with Gasteiger partial charge in [-0.15, -0.1) is 0 Å². The second kappa shape index (κ2) is 6.44. The lowest BCUT2D eigenvalue weighted by atomic mass is 9.80. The summed E-state index contributed by atoms with van der Waals surface area (Å²) < 4.78 is 0. The van der Waals surface area contributed by atoms with Gasteiger partial charge in [-0.25, -0.2) is 0 Å². The summed E-state index contributed by atoms with van der Waals surface area (Å²) in [4.78, 5) is 0. The molecule has 0 amide bonds. The molecule has 0 spiro atoms. The van der Waals surface area contributed by atoms with Crippen LogP contribution in [0.15, 0.2) is 53.1 Å². The molecule has 0 saturated heterocycles. The predicted octanol–water partition coefficient (Wildman–Crippen LogP) is 6.55. The van der Waals surface area contributed by atoms with E-state index in [-0.39, 0.29) is 0 Å². The van der Waals surface area contributed by atoms with Gasteiger partial charge in [0.05, 0.1) is 0 Å². The zero-order valence-corrected chi connectivity index (χ0v) is 13.7. The van der Waals surface area contributed by atoms with Crippen LogP contribution >= 0.6 is 0 Å². The number of allylic oxidation sites excluding steroid dienone is 4. The van der Waals surface area contributed by atoms with E-state index < -0.39 is 0 Å². The summed E-state index contributed by atoms with van der Waals surface area (Å²) >= 11 is 0. The molecule has 0 N–H and O–H groups in total. The molecule has 4 rings (SSSR count). The maximum absolute atomic E-state index is 2.61. The molecule has 0 nitrogen and oxygen atoms in total. The van der Waals surface area contributed by atoms with Gasteiger partial charge in [0, 0.05) is 5.92 Å². The quantitative estimate of drug-likeness (QED) is 0.592. The van der Waals surface area contributed by atoms with E-state index in [1.165, 1.54) is 69.8 Å². The molecular weight excluding hydrogens is 264 g/mol. The van der Waals surface area contributed by atoms with Crippen molar-refractivity contribution in [3.05, 3.63) is 58.7 Å². The van der Waals surface area contributed by atoms with Gasteiger partial charge in [-0.1, -0.05) is 79.7 Å². The van der Waals surface area contributed by atoms with Crippen LogP contribution in [0.1, 0.15) is 75.7 Å². The zero-order valence-electron chi connectivity index (χ0n) is 13.7. The van der Waals surface area contributed by atoms with Crippen LogP contribution in [0.5, 0.6) is 0 Å². The van der Waals surface area contributed by atoms with Crippen LogP contribution in [0.2, 0.25) is 0 Å². The molecule has 3 aliphatic rings. The summed E-state index contributed by atoms with van der Waals surface area (Å²) in [5.74, 6) is 1.66. The molecule has 0 bridgehead atoms. The first-order chi connectivity index (χ1) is 10.9. The van der Waals surface area contributed by atoms with Crippen molar-refractivity contribution in [2.24, 2.45) is 5.92 Å². The van der Waals surface area contributed by atoms with E-state index in [0.29, 0.717) is 5.92 Å². The van der Waals surface area contributed by atoms with E-state index in [2.05, 4.69) is 36.4 Å². The van der Waals surface area contributed by atoms with Crippen LogP contribution in [-0.4, -0.2) is 0 Å². The Bertz CT molecular complexity index is 569. The molecule has 0 aliphatic heterocycles. The largest absolute Gasteiger partial charge is 0.0656 e. The van der Waals surface area contributed by atoms with Crippen molar-refractivity contribution in [3.63, 3.8) is 0 Å². The van der Waals surface area contributed by atoms with Gasteiger partial charge >= 0.3 is 0 Å². The van der Waals surface area contributed by atoms with Crippen LogP contribution in [0.25, 0.3) is 0 Å². The SMILES string of the molecule is C1=C(CC2CCCCC2)CC2=C1C(c1ccccc1)CCC2. The van der Waals surface area contributed by atoms with Gasteiger partial charge in [-0.2, -0.15) is 0 Å². The molecule has 1 atom stereocenters. The van der Waals surface area contributed by atoms with Crippen molar-refractivity contribution in [1.82, 2.24) is 0 Å². The highest BCUT2D eigenvalue weighted by atomic mass is 14.3. The first-order valence-electron chi connectivity index (χ1n) is 9.36. The lowest BCUT2D eigenvalue weighted by Crippen LogP contribution is -2.07. The topological polar surface area (TPSA) is 0 Å². The molecule has 1 aromatic rings. The first-order valence-corrected chi connectivity index (χ1v) is 9.36. The molecule has 0 heteroatoms. The maximum atomic E-state index is 2.61. The molecule has 0 aromatic heterocycles. The highest BCUT2D eigenvalue weighted by Crippen LogP contribution is 2.46. The van der Waals surface area contributed by atoms with E-state index >= 15 is 0 Å². The van der Waals surface area contributed by atoms with E-state index in [1.807, 2.05) is 0 Å². The molecule has 116 valence electrons. The van der Waals surface area contributed by atoms with Gasteiger partial charge in [0.1, 0.15) is 0 Å². The molecule has 22 heavy (non-hydrogen) atoms. The Morgan fingerprint density at radius 3 is 2.50 bits per heavy atom. The van der Waals surface area contributed by atoms with E-state index in [0.717, 1.165) is 5.92 Å². The minimum absolute atomic E-state index is 0.675. The summed E-state index contributed by atoms with van der Waals surface area (Å²) in [6.45, 7) is 0. The number of rotatable bonds is 3. The van der Waals surface area contributed by atoms with Crippen molar-refractivity contribution in [2.45, 2.75) is 70.1 Å². The van der Waals surface area contributed by atoms with Crippen molar-refractivity contribution < 1.29 is 0 Å². The Hall–Kier alpha value is -1.30. The third kappa shape index (κ3) is 2.93. The lowest BCUT2D eigenvalue weighted by Gasteiger charge is -2.24. The fraction of sp³-hybridized carbons (Fsp3) is 0.545. The summed E-state index contributed by atoms with van der Waals surface area (Å²) in [5.41, 5.74) is 6.75. The van der Waals surface area contributed by atoms with Gasteiger partial charge in [0.2, 0.25) is 0 Å². The van der Waals surface area contributed by atoms with E-state index in [4.69, 9.17) is 0 Å². The maximum Gasteiger partial charge on any atom is 0.00891 e. The fourth-order valence-electron chi connectivity index (χ4n) is 4.93. The van der Waals surface area contributed by atoms with Crippen molar-refractivity contribution >= 4 is 0 Å². The molecule has 1 saturated carbocycles. The Morgan fingerprint density at radius 2 is 1.68 bits per heavy atom. The lowest BCUT2D eigenvalue weighted by molar-refractivity contribution is 0.355. The van der Waals surface area contributed by atoms with E-state index in [9.17, 15) is 0 Å². The smallest absolute Gasteiger partial charge is 0.00891 e. The van der Waals surface area contributed by atoms with Crippen LogP contribution in [0.3, 0.4) is 0 Å². The van der Waals surface area contributed by atoms with Gasteiger partial charge < -0.3 is 0 Å². The third-order valence-corrected chi connectivity index (χ3v) is 6.03. The monoisotopic (exact) mass is 292 g/mol. The number of hydrogen-bond acceptors (Lipinski definition) is 0. The minimum Gasteiger partial charge on any atom is -0.0656 e. The molecule has 3 aliphatic carbocycles. The predicted molar refractivity (Wildman–Crippen MR) is 94.0 cm³/mol. The molecule has 1 unspecified atom stereocenters. The normalized spacial score (nSPS) is 26.0. The van der Waals surface area contributed by atoms with E-state index in [1.54, 1.807) is 16.7 Å². The van der Waals surface area contributed by atoms with Gasteiger partial charge in [-0.3, -0.25) is 0 Å². The standard InChI is InChI=1S/C22H28/c1-3-8-17(9-4-1)14-18-15-20-12-7-13-21(22(20)16-18)19-10-5-2-6-11-19/h2,5-6,10-11,16-17,21H,1,3-4,7-9,12-15H2. The molecule has 0 radical (unpaired) electrons. The van der Waals surface area contributed by atoms with Crippen LogP contribution in [-0.2, 0) is 0 Å². The van der Waals surface area contributed by atoms with Crippen LogP contribution < -0.4 is 0 Å². The van der Waals surface area contributed by atoms with Crippen molar-refractivity contribution in [3.8, 4) is 0 Å². The zero-order chi connectivity index (χ0) is 14.8. The second-order valence-corrected chi connectivity index (χ2v) is 7.60. The van der Waals surface area contributed by atoms with Crippen molar-refractivity contribution in [2.75, 3.05) is 0 Å². The molecule has 1 fully saturated rings. The third-order valence-electron chi connectivity index (χ3n) is 6.03. The highest BCUT2D eigenvalue weighted by Gasteiger charge is 2.28. The summed E-state index contributed by atoms with van der Waals surface area (Å²) in [6, 6.07) is 11.2. The van der Waals surface area contributed by atoms with Crippen molar-refractivity contribution in [1.29, 1.82) is 0 Å². The second-order valence-electron chi connectivity index (χ2n) is 7.60. The summed E-state index contributed by atoms with van der Waals surface area (Å²) in [5, 5.41) is 0. The van der Waals surface area contributed by atoms with Gasteiger partial charge in [0.25, 0.3) is 0 Å². The number of benzene rings is 1. The Labute approximate surface area is 135 Å². The Morgan fingerprint density at radius 1 is 0.864 bits per heavy atom. The van der Waals surface area contributed by atoms with Crippen LogP contribution in [0, 0.1) is 5.92 Å². The van der Waals surface area contributed by atoms with Gasteiger partial charge in [0.15, 0.2) is 0 Å². The first kappa shape index (κ1) is 14.3. The minimum atomic E-state index is 0.675. The Kier molecular flexibility index (Phi) is 4.19. The van der Waals surface area contributed by atoms with Crippen LogP contribution in [0.4, 0.5) is 0 Å². The molecule has 0 heterocycles. The molecule has 1 aromatic carbocycles. The van der Waals surface area contributed by atoms with Gasteiger partial charge in [-0.05, 0) is 49.2 Å².